The summed E-state index contributed by atoms with van der Waals surface area (Å²) < 4.78 is 0. The molecule has 3 N–H and O–H groups in total. The van der Waals surface area contributed by atoms with Gasteiger partial charge in [-0.05, 0) is 37.3 Å². The van der Waals surface area contributed by atoms with Crippen LogP contribution in [0.25, 0.3) is 0 Å². The van der Waals surface area contributed by atoms with Crippen LogP contribution in [0.2, 0.25) is 0 Å². The summed E-state index contributed by atoms with van der Waals surface area (Å²) in [6.07, 6.45) is 2.04. The first-order valence-electron chi connectivity index (χ1n) is 7.56. The Hall–Kier alpha value is -0.610. The molecule has 19 heavy (non-hydrogen) atoms. The van der Waals surface area contributed by atoms with Gasteiger partial charge in [0.05, 0.1) is 5.92 Å². The second-order valence-corrected chi connectivity index (χ2v) is 6.99. The second kappa shape index (κ2) is 7.25. The molecule has 1 saturated heterocycles. The third-order valence-corrected chi connectivity index (χ3v) is 3.90. The highest BCUT2D eigenvalue weighted by Crippen LogP contribution is 2.24. The van der Waals surface area contributed by atoms with E-state index in [-0.39, 0.29) is 17.2 Å². The fourth-order valence-corrected chi connectivity index (χ4v) is 2.78. The van der Waals surface area contributed by atoms with Crippen LogP contribution < -0.4 is 11.1 Å². The van der Waals surface area contributed by atoms with Gasteiger partial charge in [-0.1, -0.05) is 27.7 Å². The zero-order chi connectivity index (χ0) is 14.5. The Balaban J connectivity index is 2.33. The lowest BCUT2D eigenvalue weighted by Gasteiger charge is -2.25. The molecule has 0 saturated carbocycles. The number of nitrogens with zero attached hydrogens (tertiary/aromatic N) is 1. The molecule has 1 aliphatic heterocycles. The van der Waals surface area contributed by atoms with Crippen LogP contribution in [0.15, 0.2) is 0 Å². The van der Waals surface area contributed by atoms with Gasteiger partial charge in [0.25, 0.3) is 0 Å². The number of carbonyl (C=O) groups excluding carboxylic acids is 1. The Morgan fingerprint density at radius 2 is 2.16 bits per heavy atom. The number of carbonyl (C=O) groups is 1. The number of likely N-dealkylation sites (tertiary alicyclic amines) is 1. The molecule has 0 aliphatic carbocycles. The molecular formula is C15H31N3O. The van der Waals surface area contributed by atoms with Crippen molar-refractivity contribution in [1.82, 2.24) is 10.2 Å². The predicted octanol–water partition coefficient (Wildman–Crippen LogP) is 1.46. The average Bonchev–Trinajstić information content (AvgIpc) is 2.79. The average molecular weight is 269 g/mol. The van der Waals surface area contributed by atoms with E-state index in [9.17, 15) is 4.79 Å². The number of hydrogen-bond acceptors (Lipinski definition) is 3. The van der Waals surface area contributed by atoms with Crippen LogP contribution in [-0.4, -0.2) is 43.5 Å². The van der Waals surface area contributed by atoms with Crippen LogP contribution in [0.1, 0.15) is 40.5 Å². The summed E-state index contributed by atoms with van der Waals surface area (Å²) in [5.74, 6) is 0.688. The number of hydrogen-bond donors (Lipinski definition) is 2. The van der Waals surface area contributed by atoms with E-state index in [4.69, 9.17) is 5.73 Å². The lowest BCUT2D eigenvalue weighted by molar-refractivity contribution is -0.125. The topological polar surface area (TPSA) is 58.4 Å². The lowest BCUT2D eigenvalue weighted by atomic mass is 9.84. The van der Waals surface area contributed by atoms with Crippen LogP contribution in [0, 0.1) is 17.3 Å². The highest BCUT2D eigenvalue weighted by Gasteiger charge is 2.26. The van der Waals surface area contributed by atoms with E-state index in [0.29, 0.717) is 12.5 Å². The molecule has 2 unspecified atom stereocenters. The van der Waals surface area contributed by atoms with E-state index in [1.807, 2.05) is 0 Å². The van der Waals surface area contributed by atoms with Gasteiger partial charge in [0.15, 0.2) is 0 Å². The quantitative estimate of drug-likeness (QED) is 0.767. The maximum absolute atomic E-state index is 12.2. The van der Waals surface area contributed by atoms with Crippen LogP contribution >= 0.6 is 0 Å². The molecule has 1 rings (SSSR count). The van der Waals surface area contributed by atoms with Gasteiger partial charge in [0.2, 0.25) is 5.91 Å². The minimum Gasteiger partial charge on any atom is -0.355 e. The summed E-state index contributed by atoms with van der Waals surface area (Å²) in [7, 11) is 0. The first-order valence-corrected chi connectivity index (χ1v) is 7.56. The molecule has 112 valence electrons. The van der Waals surface area contributed by atoms with Gasteiger partial charge < -0.3 is 16.0 Å². The summed E-state index contributed by atoms with van der Waals surface area (Å²) in [5.41, 5.74) is 5.89. The number of amides is 1. The van der Waals surface area contributed by atoms with E-state index in [2.05, 4.69) is 37.9 Å². The zero-order valence-electron chi connectivity index (χ0n) is 13.0. The molecule has 0 aromatic heterocycles. The van der Waals surface area contributed by atoms with Crippen molar-refractivity contribution in [1.29, 1.82) is 0 Å². The molecule has 0 aromatic rings. The smallest absolute Gasteiger partial charge is 0.224 e. The largest absolute Gasteiger partial charge is 0.355 e. The van der Waals surface area contributed by atoms with Crippen molar-refractivity contribution >= 4 is 5.91 Å². The summed E-state index contributed by atoms with van der Waals surface area (Å²) in [6, 6.07) is 0. The fourth-order valence-electron chi connectivity index (χ4n) is 2.78. The third-order valence-electron chi connectivity index (χ3n) is 3.90. The lowest BCUT2D eigenvalue weighted by Crippen LogP contribution is -2.39. The maximum Gasteiger partial charge on any atom is 0.224 e. The summed E-state index contributed by atoms with van der Waals surface area (Å²) in [4.78, 5) is 14.6. The van der Waals surface area contributed by atoms with E-state index < -0.39 is 0 Å². The molecule has 1 amide bonds. The van der Waals surface area contributed by atoms with Crippen molar-refractivity contribution in [3.63, 3.8) is 0 Å². The third kappa shape index (κ3) is 5.91. The van der Waals surface area contributed by atoms with Crippen LogP contribution in [0.3, 0.4) is 0 Å². The maximum atomic E-state index is 12.2. The van der Waals surface area contributed by atoms with E-state index in [0.717, 1.165) is 26.1 Å². The van der Waals surface area contributed by atoms with Gasteiger partial charge in [-0.3, -0.25) is 4.79 Å². The molecule has 0 aromatic carbocycles. The van der Waals surface area contributed by atoms with Crippen molar-refractivity contribution < 1.29 is 4.79 Å². The van der Waals surface area contributed by atoms with Crippen LogP contribution in [0.5, 0.6) is 0 Å². The number of nitrogens with two attached hydrogens (primary N) is 1. The van der Waals surface area contributed by atoms with Crippen molar-refractivity contribution in [2.24, 2.45) is 23.0 Å². The van der Waals surface area contributed by atoms with Crippen LogP contribution in [0.4, 0.5) is 0 Å². The summed E-state index contributed by atoms with van der Waals surface area (Å²) in [5, 5.41) is 3.10. The molecule has 1 fully saturated rings. The molecule has 0 spiro atoms. The minimum atomic E-state index is -0.0521. The van der Waals surface area contributed by atoms with E-state index >= 15 is 0 Å². The van der Waals surface area contributed by atoms with Gasteiger partial charge in [0, 0.05) is 19.6 Å². The first kappa shape index (κ1) is 16.4. The standard InChI is InChI=1S/C15H31N3O/c1-5-18-7-6-12(11-18)10-17-14(19)13(9-16)8-15(2,3)4/h12-13H,5-11,16H2,1-4H3,(H,17,19). The normalized spacial score (nSPS) is 22.5. The molecule has 2 atom stereocenters. The van der Waals surface area contributed by atoms with Gasteiger partial charge in [-0.25, -0.2) is 0 Å². The SMILES string of the molecule is CCN1CCC(CNC(=O)C(CN)CC(C)(C)C)C1. The Kier molecular flexibility index (Phi) is 6.27. The molecule has 1 aliphatic rings. The molecule has 0 bridgehead atoms. The number of rotatable bonds is 6. The molecule has 4 nitrogen and oxygen atoms in total. The Morgan fingerprint density at radius 1 is 1.47 bits per heavy atom. The van der Waals surface area contributed by atoms with Crippen molar-refractivity contribution in [3.8, 4) is 0 Å². The summed E-state index contributed by atoms with van der Waals surface area (Å²) in [6.45, 7) is 13.3. The zero-order valence-corrected chi connectivity index (χ0v) is 13.0. The Labute approximate surface area is 118 Å². The number of nitrogens with one attached hydrogen (secondary N) is 1. The van der Waals surface area contributed by atoms with Crippen LogP contribution in [-0.2, 0) is 4.79 Å². The summed E-state index contributed by atoms with van der Waals surface area (Å²) >= 11 is 0. The van der Waals surface area contributed by atoms with Crippen molar-refractivity contribution in [3.05, 3.63) is 0 Å². The minimum absolute atomic E-state index is 0.0521. The van der Waals surface area contributed by atoms with E-state index in [1.54, 1.807) is 0 Å². The highest BCUT2D eigenvalue weighted by molar-refractivity contribution is 5.78. The van der Waals surface area contributed by atoms with Gasteiger partial charge in [0.1, 0.15) is 0 Å². The second-order valence-electron chi connectivity index (χ2n) is 6.99. The first-order chi connectivity index (χ1) is 8.85. The Bertz CT molecular complexity index is 286. The van der Waals surface area contributed by atoms with Crippen molar-refractivity contribution in [2.45, 2.75) is 40.5 Å². The molecule has 0 radical (unpaired) electrons. The van der Waals surface area contributed by atoms with Crippen molar-refractivity contribution in [2.75, 3.05) is 32.7 Å². The Morgan fingerprint density at radius 3 is 2.63 bits per heavy atom. The fraction of sp³-hybridized carbons (Fsp3) is 0.933. The van der Waals surface area contributed by atoms with Gasteiger partial charge in [-0.15, -0.1) is 0 Å². The van der Waals surface area contributed by atoms with Gasteiger partial charge in [-0.2, -0.15) is 0 Å². The van der Waals surface area contributed by atoms with E-state index in [1.165, 1.54) is 13.0 Å². The highest BCUT2D eigenvalue weighted by atomic mass is 16.1. The predicted molar refractivity (Wildman–Crippen MR) is 79.8 cm³/mol. The molecular weight excluding hydrogens is 238 g/mol. The monoisotopic (exact) mass is 269 g/mol. The molecule has 4 heteroatoms. The molecule has 1 heterocycles. The van der Waals surface area contributed by atoms with Gasteiger partial charge >= 0.3 is 0 Å².